The highest BCUT2D eigenvalue weighted by molar-refractivity contribution is 5.89. The molecule has 4 heteroatoms. The van der Waals surface area contributed by atoms with Gasteiger partial charge in [-0.05, 0) is 48.6 Å². The second-order valence-corrected chi connectivity index (χ2v) is 7.87. The van der Waals surface area contributed by atoms with Gasteiger partial charge in [0.05, 0.1) is 17.6 Å². The standard InChI is InChI=1S/C25H24O4/c1-18-14-22-17-29-24(27)25(22,15-18)16-20-9-11-21(12-10-20)23(26)28-13-5-8-19-6-3-2-4-7-19/h2-12,22H,1,13-17H2/b8-5+. The first-order valence-corrected chi connectivity index (χ1v) is 9.88. The summed E-state index contributed by atoms with van der Waals surface area (Å²) in [6.45, 7) is 4.78. The van der Waals surface area contributed by atoms with Gasteiger partial charge in [0, 0.05) is 5.92 Å². The Morgan fingerprint density at radius 3 is 2.69 bits per heavy atom. The minimum absolute atomic E-state index is 0.116. The highest BCUT2D eigenvalue weighted by Gasteiger charge is 2.55. The summed E-state index contributed by atoms with van der Waals surface area (Å²) in [4.78, 5) is 24.7. The lowest BCUT2D eigenvalue weighted by Gasteiger charge is -2.24. The number of cyclic esters (lactones) is 1. The Morgan fingerprint density at radius 2 is 1.93 bits per heavy atom. The Hall–Kier alpha value is -3.14. The number of carbonyl (C=O) groups excluding carboxylic acids is 2. The monoisotopic (exact) mass is 388 g/mol. The lowest BCUT2D eigenvalue weighted by Crippen LogP contribution is -2.31. The molecule has 4 nitrogen and oxygen atoms in total. The number of esters is 2. The average molecular weight is 388 g/mol. The second kappa shape index (κ2) is 8.08. The molecule has 0 spiro atoms. The topological polar surface area (TPSA) is 52.6 Å². The molecule has 1 aliphatic heterocycles. The van der Waals surface area contributed by atoms with Crippen LogP contribution in [-0.2, 0) is 20.7 Å². The Bertz CT molecular complexity index is 943. The molecule has 1 saturated carbocycles. The van der Waals surface area contributed by atoms with E-state index in [1.807, 2.05) is 54.6 Å². The van der Waals surface area contributed by atoms with Gasteiger partial charge in [0.2, 0.25) is 0 Å². The van der Waals surface area contributed by atoms with E-state index in [0.717, 1.165) is 23.1 Å². The predicted octanol–water partition coefficient (Wildman–Crippen LogP) is 4.61. The van der Waals surface area contributed by atoms with Crippen LogP contribution in [0.5, 0.6) is 0 Å². The van der Waals surface area contributed by atoms with Crippen molar-refractivity contribution < 1.29 is 19.1 Å². The maximum atomic E-state index is 12.4. The van der Waals surface area contributed by atoms with Crippen molar-refractivity contribution in [2.24, 2.45) is 11.3 Å². The molecule has 0 aromatic heterocycles. The van der Waals surface area contributed by atoms with Crippen molar-refractivity contribution in [3.05, 3.63) is 89.5 Å². The van der Waals surface area contributed by atoms with E-state index in [1.165, 1.54) is 0 Å². The zero-order valence-electron chi connectivity index (χ0n) is 16.3. The van der Waals surface area contributed by atoms with Crippen LogP contribution in [0.15, 0.2) is 72.8 Å². The van der Waals surface area contributed by atoms with E-state index in [4.69, 9.17) is 9.47 Å². The van der Waals surface area contributed by atoms with E-state index in [2.05, 4.69) is 6.58 Å². The number of hydrogen-bond donors (Lipinski definition) is 0. The smallest absolute Gasteiger partial charge is 0.338 e. The van der Waals surface area contributed by atoms with Crippen molar-refractivity contribution in [3.63, 3.8) is 0 Å². The predicted molar refractivity (Wildman–Crippen MR) is 111 cm³/mol. The summed E-state index contributed by atoms with van der Waals surface area (Å²) in [5, 5.41) is 0. The first-order valence-electron chi connectivity index (χ1n) is 9.88. The number of benzene rings is 2. The minimum atomic E-state index is -0.485. The van der Waals surface area contributed by atoms with Crippen molar-refractivity contribution >= 4 is 18.0 Å². The molecule has 148 valence electrons. The van der Waals surface area contributed by atoms with E-state index < -0.39 is 5.41 Å². The second-order valence-electron chi connectivity index (χ2n) is 7.87. The highest BCUT2D eigenvalue weighted by atomic mass is 16.5. The number of fused-ring (bicyclic) bond motifs is 1. The van der Waals surface area contributed by atoms with Crippen LogP contribution in [0, 0.1) is 11.3 Å². The molecule has 29 heavy (non-hydrogen) atoms. The van der Waals surface area contributed by atoms with Crippen molar-refractivity contribution in [2.75, 3.05) is 13.2 Å². The third-order valence-corrected chi connectivity index (χ3v) is 5.83. The first-order chi connectivity index (χ1) is 14.1. The number of carbonyl (C=O) groups is 2. The fraction of sp³-hybridized carbons (Fsp3) is 0.280. The van der Waals surface area contributed by atoms with Gasteiger partial charge in [-0.1, -0.05) is 60.7 Å². The Morgan fingerprint density at radius 1 is 1.17 bits per heavy atom. The molecule has 0 radical (unpaired) electrons. The van der Waals surface area contributed by atoms with E-state index in [0.29, 0.717) is 25.0 Å². The van der Waals surface area contributed by atoms with Gasteiger partial charge in [-0.3, -0.25) is 4.79 Å². The summed E-state index contributed by atoms with van der Waals surface area (Å²) < 4.78 is 10.6. The summed E-state index contributed by atoms with van der Waals surface area (Å²) in [6, 6.07) is 17.2. The molecule has 2 aromatic carbocycles. The molecule has 2 unspecified atom stereocenters. The minimum Gasteiger partial charge on any atom is -0.465 e. The third kappa shape index (κ3) is 4.02. The molecule has 2 atom stereocenters. The zero-order valence-corrected chi connectivity index (χ0v) is 16.3. The maximum Gasteiger partial charge on any atom is 0.338 e. The van der Waals surface area contributed by atoms with Crippen LogP contribution in [0.1, 0.15) is 34.3 Å². The normalized spacial score (nSPS) is 23.2. The molecular weight excluding hydrogens is 364 g/mol. The van der Waals surface area contributed by atoms with Crippen LogP contribution < -0.4 is 0 Å². The Kier molecular flexibility index (Phi) is 5.34. The molecule has 1 saturated heterocycles. The molecule has 0 bridgehead atoms. The van der Waals surface area contributed by atoms with E-state index in [1.54, 1.807) is 12.1 Å². The Labute approximate surface area is 170 Å². The summed E-state index contributed by atoms with van der Waals surface area (Å²) in [5.74, 6) is -0.266. The van der Waals surface area contributed by atoms with Crippen molar-refractivity contribution in [2.45, 2.75) is 19.3 Å². The molecule has 1 aliphatic carbocycles. The van der Waals surface area contributed by atoms with Gasteiger partial charge < -0.3 is 9.47 Å². The van der Waals surface area contributed by atoms with Crippen LogP contribution in [-0.4, -0.2) is 25.2 Å². The van der Waals surface area contributed by atoms with Crippen LogP contribution in [0.3, 0.4) is 0 Å². The molecule has 0 N–H and O–H groups in total. The molecule has 2 aromatic rings. The lowest BCUT2D eigenvalue weighted by atomic mass is 9.75. The summed E-state index contributed by atoms with van der Waals surface area (Å²) in [7, 11) is 0. The van der Waals surface area contributed by atoms with Gasteiger partial charge in [0.15, 0.2) is 0 Å². The number of hydrogen-bond acceptors (Lipinski definition) is 4. The quantitative estimate of drug-likeness (QED) is 0.536. The van der Waals surface area contributed by atoms with E-state index >= 15 is 0 Å². The number of allylic oxidation sites excluding steroid dienone is 1. The van der Waals surface area contributed by atoms with Crippen molar-refractivity contribution in [1.82, 2.24) is 0 Å². The SMILES string of the molecule is C=C1CC2COC(=O)C2(Cc2ccc(C(=O)OC/C=C/c3ccccc3)cc2)C1. The summed E-state index contributed by atoms with van der Waals surface area (Å²) in [5.41, 5.74) is 3.22. The molecule has 2 fully saturated rings. The lowest BCUT2D eigenvalue weighted by molar-refractivity contribution is -0.146. The van der Waals surface area contributed by atoms with Crippen LogP contribution >= 0.6 is 0 Å². The maximum absolute atomic E-state index is 12.4. The molecule has 1 heterocycles. The van der Waals surface area contributed by atoms with Gasteiger partial charge in [-0.2, -0.15) is 0 Å². The van der Waals surface area contributed by atoms with Crippen LogP contribution in [0.4, 0.5) is 0 Å². The zero-order chi connectivity index (χ0) is 20.3. The molecule has 0 amide bonds. The van der Waals surface area contributed by atoms with Gasteiger partial charge in [-0.15, -0.1) is 0 Å². The number of ether oxygens (including phenoxy) is 2. The molecule has 2 aliphatic rings. The fourth-order valence-corrected chi connectivity index (χ4v) is 4.34. The van der Waals surface area contributed by atoms with Gasteiger partial charge in [0.1, 0.15) is 6.61 Å². The number of rotatable bonds is 6. The van der Waals surface area contributed by atoms with Gasteiger partial charge >= 0.3 is 11.9 Å². The molecule has 4 rings (SSSR count). The Balaban J connectivity index is 1.35. The van der Waals surface area contributed by atoms with Crippen LogP contribution in [0.2, 0.25) is 0 Å². The summed E-state index contributed by atoms with van der Waals surface area (Å²) in [6.07, 6.45) is 5.90. The summed E-state index contributed by atoms with van der Waals surface area (Å²) >= 11 is 0. The van der Waals surface area contributed by atoms with Crippen molar-refractivity contribution in [3.8, 4) is 0 Å². The highest BCUT2D eigenvalue weighted by Crippen LogP contribution is 2.52. The van der Waals surface area contributed by atoms with Gasteiger partial charge in [-0.25, -0.2) is 4.79 Å². The van der Waals surface area contributed by atoms with E-state index in [9.17, 15) is 9.59 Å². The van der Waals surface area contributed by atoms with E-state index in [-0.39, 0.29) is 24.5 Å². The fourth-order valence-electron chi connectivity index (χ4n) is 4.34. The third-order valence-electron chi connectivity index (χ3n) is 5.83. The largest absolute Gasteiger partial charge is 0.465 e. The average Bonchev–Trinajstić information content (AvgIpc) is 3.20. The molecular formula is C25H24O4. The van der Waals surface area contributed by atoms with Crippen LogP contribution in [0.25, 0.3) is 6.08 Å². The van der Waals surface area contributed by atoms with Crippen molar-refractivity contribution in [1.29, 1.82) is 0 Å². The first kappa shape index (κ1) is 19.2. The van der Waals surface area contributed by atoms with Gasteiger partial charge in [0.25, 0.3) is 0 Å².